The van der Waals surface area contributed by atoms with E-state index in [-0.39, 0.29) is 24.1 Å². The fourth-order valence-electron chi connectivity index (χ4n) is 11.1. The average Bonchev–Trinajstić information content (AvgIpc) is 3.93. The molecule has 9 heteroatoms. The third-order valence-electron chi connectivity index (χ3n) is 13.7. The van der Waals surface area contributed by atoms with Crippen LogP contribution in [0.1, 0.15) is 136 Å². The van der Waals surface area contributed by atoms with E-state index in [9.17, 15) is 9.59 Å². The van der Waals surface area contributed by atoms with Crippen molar-refractivity contribution in [2.75, 3.05) is 23.7 Å². The van der Waals surface area contributed by atoms with Gasteiger partial charge in [-0.25, -0.2) is 9.59 Å². The molecule has 4 amide bonds. The molecule has 2 aromatic carbocycles. The van der Waals surface area contributed by atoms with Gasteiger partial charge < -0.3 is 21.3 Å². The number of rotatable bonds is 10. The molecule has 4 bridgehead atoms. The maximum absolute atomic E-state index is 13.1. The van der Waals surface area contributed by atoms with Crippen molar-refractivity contribution in [2.24, 2.45) is 11.8 Å². The molecule has 2 saturated carbocycles. The number of benzene rings is 2. The summed E-state index contributed by atoms with van der Waals surface area (Å²) in [6, 6.07) is 22.2. The summed E-state index contributed by atoms with van der Waals surface area (Å²) in [6.45, 7) is 2.35. The summed E-state index contributed by atoms with van der Waals surface area (Å²) < 4.78 is 0. The Morgan fingerprint density at radius 3 is 1.37 bits per heavy atom. The number of hydrogen-bond donors (Lipinski definition) is 4. The van der Waals surface area contributed by atoms with Crippen molar-refractivity contribution < 1.29 is 9.59 Å². The quantitative estimate of drug-likeness (QED) is 0.169. The van der Waals surface area contributed by atoms with Crippen LogP contribution in [-0.4, -0.2) is 52.0 Å². The molecule has 0 radical (unpaired) electrons. The van der Waals surface area contributed by atoms with Crippen molar-refractivity contribution in [3.8, 4) is 0 Å². The summed E-state index contributed by atoms with van der Waals surface area (Å²) in [5.74, 6) is 1.44. The molecule has 2 aliphatic carbocycles. The number of pyridine rings is 1. The summed E-state index contributed by atoms with van der Waals surface area (Å²) >= 11 is 0. The van der Waals surface area contributed by atoms with Crippen LogP contribution in [0.25, 0.3) is 0 Å². The lowest BCUT2D eigenvalue weighted by molar-refractivity contribution is 0.186. The van der Waals surface area contributed by atoms with Crippen LogP contribution < -0.4 is 21.3 Å². The Morgan fingerprint density at radius 2 is 0.942 bits per heavy atom. The Morgan fingerprint density at radius 1 is 0.538 bits per heavy atom. The minimum absolute atomic E-state index is 0.164. The zero-order valence-corrected chi connectivity index (χ0v) is 30.4. The molecular weight excluding hydrogens is 647 g/mol. The van der Waals surface area contributed by atoms with E-state index in [0.717, 1.165) is 63.2 Å². The van der Waals surface area contributed by atoms with Crippen molar-refractivity contribution in [3.63, 3.8) is 0 Å². The molecule has 5 heterocycles. The number of nitrogens with one attached hydrogen (secondary N) is 4. The van der Waals surface area contributed by atoms with Crippen molar-refractivity contribution in [2.45, 2.75) is 126 Å². The predicted molar refractivity (Wildman–Crippen MR) is 205 cm³/mol. The highest BCUT2D eigenvalue weighted by Crippen LogP contribution is 2.54. The normalized spacial score (nSPS) is 30.5. The number of nitrogens with zero attached hydrogens (tertiary/aromatic N) is 3. The van der Waals surface area contributed by atoms with Gasteiger partial charge in [-0.15, -0.1) is 0 Å². The molecule has 4 atom stereocenters. The van der Waals surface area contributed by atoms with Crippen LogP contribution in [0.2, 0.25) is 0 Å². The largest absolute Gasteiger partial charge is 0.335 e. The number of urea groups is 2. The Balaban J connectivity index is 0.681. The molecule has 52 heavy (non-hydrogen) atoms. The van der Waals surface area contributed by atoms with Gasteiger partial charge >= 0.3 is 12.1 Å². The molecule has 0 spiro atoms. The standard InChI is InChI=1S/C43H55N7O2/c51-42(45-30-13-9-28(10-14-30)22-25-49-38-17-18-39(49)33-6-2-1-5-32(33)38)47-36-21-24-44-27-37(36)48-43(52)46-31-15-11-29(12-16-31)23-26-50-40-19-20-41(50)35-8-4-3-7-34(35)40/h1-8,21,24,27-31,38-41H,9-20,22-23,25-26H2,(H2,46,48,52)(H2,44,45,47,51). The fourth-order valence-corrected chi connectivity index (χ4v) is 11.1. The van der Waals surface area contributed by atoms with Crippen LogP contribution in [0.4, 0.5) is 21.0 Å². The van der Waals surface area contributed by atoms with E-state index >= 15 is 0 Å². The Kier molecular flexibility index (Phi) is 9.65. The first-order valence-corrected chi connectivity index (χ1v) is 20.4. The number of amides is 4. The Hall–Kier alpha value is -3.95. The maximum atomic E-state index is 13.1. The third-order valence-corrected chi connectivity index (χ3v) is 13.7. The van der Waals surface area contributed by atoms with Crippen molar-refractivity contribution in [3.05, 3.63) is 89.2 Å². The highest BCUT2D eigenvalue weighted by atomic mass is 16.2. The molecular formula is C43H55N7O2. The van der Waals surface area contributed by atoms with Crippen LogP contribution >= 0.6 is 0 Å². The van der Waals surface area contributed by atoms with Crippen molar-refractivity contribution >= 4 is 23.4 Å². The molecule has 274 valence electrons. The summed E-state index contributed by atoms with van der Waals surface area (Å²) in [4.78, 5) is 35.9. The number of anilines is 2. The van der Waals surface area contributed by atoms with Gasteiger partial charge in [0.05, 0.1) is 17.6 Å². The molecule has 2 saturated heterocycles. The number of fused-ring (bicyclic) bond motifs is 10. The highest BCUT2D eigenvalue weighted by molar-refractivity contribution is 5.98. The van der Waals surface area contributed by atoms with Gasteiger partial charge in [-0.1, -0.05) is 48.5 Å². The Bertz CT molecular complexity index is 1560. The van der Waals surface area contributed by atoms with Gasteiger partial charge in [-0.3, -0.25) is 14.8 Å². The first-order valence-electron chi connectivity index (χ1n) is 20.4. The van der Waals surface area contributed by atoms with E-state index in [1.165, 1.54) is 51.6 Å². The predicted octanol–water partition coefficient (Wildman–Crippen LogP) is 9.01. The lowest BCUT2D eigenvalue weighted by atomic mass is 9.84. The van der Waals surface area contributed by atoms with Crippen molar-refractivity contribution in [1.29, 1.82) is 0 Å². The van der Waals surface area contributed by atoms with Crippen LogP contribution in [0.5, 0.6) is 0 Å². The fraction of sp³-hybridized carbons (Fsp3) is 0.558. The van der Waals surface area contributed by atoms with Gasteiger partial charge in [0.25, 0.3) is 0 Å². The van der Waals surface area contributed by atoms with Gasteiger partial charge in [0.2, 0.25) is 0 Å². The average molecular weight is 702 g/mol. The zero-order valence-electron chi connectivity index (χ0n) is 30.4. The van der Waals surface area contributed by atoms with E-state index < -0.39 is 0 Å². The SMILES string of the molecule is O=C(Nc1ccncc1NC(=O)NC1CCC(CCN2C3CCC2c2ccccc23)CC1)NC1CCC(CCN2C3CCC2c2ccccc23)CC1. The van der Waals surface area contributed by atoms with Crippen LogP contribution in [-0.2, 0) is 0 Å². The first-order chi connectivity index (χ1) is 25.6. The van der Waals surface area contributed by atoms with Crippen LogP contribution in [0, 0.1) is 11.8 Å². The maximum Gasteiger partial charge on any atom is 0.319 e. The zero-order chi connectivity index (χ0) is 35.0. The molecule has 9 nitrogen and oxygen atoms in total. The monoisotopic (exact) mass is 701 g/mol. The molecule has 4 N–H and O–H groups in total. The van der Waals surface area contributed by atoms with E-state index in [1.54, 1.807) is 40.7 Å². The minimum Gasteiger partial charge on any atom is -0.335 e. The molecule has 9 rings (SSSR count). The summed E-state index contributed by atoms with van der Waals surface area (Å²) in [7, 11) is 0. The van der Waals surface area contributed by atoms with Crippen molar-refractivity contribution in [1.82, 2.24) is 25.4 Å². The smallest absolute Gasteiger partial charge is 0.319 e. The Labute approximate surface area is 308 Å². The lowest BCUT2D eigenvalue weighted by Gasteiger charge is -2.31. The second-order valence-corrected chi connectivity index (χ2v) is 16.6. The van der Waals surface area contributed by atoms with E-state index in [4.69, 9.17) is 0 Å². The second-order valence-electron chi connectivity index (χ2n) is 16.6. The van der Waals surface area contributed by atoms with Crippen LogP contribution in [0.3, 0.4) is 0 Å². The molecule has 4 fully saturated rings. The number of hydrogen-bond acceptors (Lipinski definition) is 5. The molecule has 1 aromatic heterocycles. The molecule has 4 aliphatic heterocycles. The molecule has 4 unspecified atom stereocenters. The van der Waals surface area contributed by atoms with E-state index in [1.807, 2.05) is 0 Å². The molecule has 3 aromatic rings. The first kappa shape index (κ1) is 33.9. The highest BCUT2D eigenvalue weighted by Gasteiger charge is 2.44. The number of aromatic nitrogens is 1. The van der Waals surface area contributed by atoms with Gasteiger partial charge in [0, 0.05) is 42.4 Å². The summed E-state index contributed by atoms with van der Waals surface area (Å²) in [5.41, 5.74) is 7.30. The molecule has 6 aliphatic rings. The van der Waals surface area contributed by atoms with E-state index in [2.05, 4.69) is 84.6 Å². The number of carbonyl (C=O) groups is 2. The lowest BCUT2D eigenvalue weighted by Crippen LogP contribution is -2.41. The number of carbonyl (C=O) groups excluding carboxylic acids is 2. The van der Waals surface area contributed by atoms with Gasteiger partial charge in [-0.2, -0.15) is 0 Å². The summed E-state index contributed by atoms with van der Waals surface area (Å²) in [5, 5.41) is 12.3. The van der Waals surface area contributed by atoms with Gasteiger partial charge in [0.1, 0.15) is 0 Å². The third kappa shape index (κ3) is 6.82. The van der Waals surface area contributed by atoms with E-state index in [0.29, 0.717) is 35.5 Å². The van der Waals surface area contributed by atoms with Gasteiger partial charge in [-0.05, 0) is 143 Å². The minimum atomic E-state index is -0.240. The summed E-state index contributed by atoms with van der Waals surface area (Å²) in [6.07, 6.45) is 19.5. The second kappa shape index (κ2) is 14.8. The topological polar surface area (TPSA) is 102 Å². The van der Waals surface area contributed by atoms with Crippen LogP contribution in [0.15, 0.2) is 67.0 Å². The van der Waals surface area contributed by atoms with Gasteiger partial charge in [0.15, 0.2) is 0 Å².